The second-order valence-electron chi connectivity index (χ2n) is 6.86. The molecule has 1 amide bonds. The van der Waals surface area contributed by atoms with Gasteiger partial charge in [0.2, 0.25) is 5.91 Å². The smallest absolute Gasteiger partial charge is 0.220 e. The average Bonchev–Trinajstić information content (AvgIpc) is 3.12. The summed E-state index contributed by atoms with van der Waals surface area (Å²) in [5, 5.41) is 12.1. The monoisotopic (exact) mass is 405 g/mol. The lowest BCUT2D eigenvalue weighted by Gasteiger charge is -2.21. The Morgan fingerprint density at radius 2 is 2.00 bits per heavy atom. The summed E-state index contributed by atoms with van der Waals surface area (Å²) in [6.45, 7) is 0.875. The fourth-order valence-electron chi connectivity index (χ4n) is 3.63. The van der Waals surface area contributed by atoms with Crippen LogP contribution in [0.4, 0.5) is 0 Å². The van der Waals surface area contributed by atoms with E-state index < -0.39 is 0 Å². The largest absolute Gasteiger partial charge is 0.488 e. The van der Waals surface area contributed by atoms with E-state index in [2.05, 4.69) is 22.0 Å². The predicted octanol–water partition coefficient (Wildman–Crippen LogP) is 4.65. The molecule has 4 rings (SSSR count). The van der Waals surface area contributed by atoms with Crippen molar-refractivity contribution >= 4 is 17.5 Å². The molecule has 0 bridgehead atoms. The molecule has 6 heteroatoms. The van der Waals surface area contributed by atoms with Gasteiger partial charge in [-0.3, -0.25) is 4.79 Å². The Morgan fingerprint density at radius 3 is 2.79 bits per heavy atom. The third-order valence-corrected chi connectivity index (χ3v) is 5.19. The number of nitriles is 1. The van der Waals surface area contributed by atoms with E-state index >= 15 is 0 Å². The summed E-state index contributed by atoms with van der Waals surface area (Å²) in [5.74, 6) is 0.799. The van der Waals surface area contributed by atoms with E-state index in [1.165, 1.54) is 0 Å². The molecule has 0 fully saturated rings. The fraction of sp³-hybridized carbons (Fsp3) is 0.217. The lowest BCUT2D eigenvalue weighted by molar-refractivity contribution is -0.121. The SMILES string of the molecule is N#CCCNC(=O)CCc1cc2c(n1-c1ccc(Cl)cc1)-c1ccccc1OC2. The Hall–Kier alpha value is -3.23. The number of carbonyl (C=O) groups is 1. The minimum absolute atomic E-state index is 0.0567. The molecule has 2 aromatic carbocycles. The number of fused-ring (bicyclic) bond motifs is 3. The van der Waals surface area contributed by atoms with Gasteiger partial charge in [-0.25, -0.2) is 0 Å². The molecule has 2 heterocycles. The normalized spacial score (nSPS) is 11.7. The zero-order valence-electron chi connectivity index (χ0n) is 15.8. The molecule has 0 unspecified atom stereocenters. The average molecular weight is 406 g/mol. The maximum Gasteiger partial charge on any atom is 0.220 e. The fourth-order valence-corrected chi connectivity index (χ4v) is 3.75. The van der Waals surface area contributed by atoms with E-state index in [1.54, 1.807) is 0 Å². The minimum atomic E-state index is -0.0567. The number of hydrogen-bond donors (Lipinski definition) is 1. The van der Waals surface area contributed by atoms with Crippen molar-refractivity contribution in [3.8, 4) is 28.8 Å². The molecule has 0 atom stereocenters. The maximum absolute atomic E-state index is 12.2. The number of aromatic nitrogens is 1. The second-order valence-corrected chi connectivity index (χ2v) is 7.30. The van der Waals surface area contributed by atoms with E-state index in [0.29, 0.717) is 37.4 Å². The van der Waals surface area contributed by atoms with Gasteiger partial charge in [0.25, 0.3) is 0 Å². The van der Waals surface area contributed by atoms with Crippen LogP contribution in [0.15, 0.2) is 54.6 Å². The lowest BCUT2D eigenvalue weighted by atomic mass is 10.0. The van der Waals surface area contributed by atoms with Crippen molar-refractivity contribution in [3.05, 3.63) is 70.9 Å². The summed E-state index contributed by atoms with van der Waals surface area (Å²) in [6.07, 6.45) is 1.25. The van der Waals surface area contributed by atoms with Gasteiger partial charge in [0.1, 0.15) is 12.4 Å². The van der Waals surface area contributed by atoms with Gasteiger partial charge in [0.15, 0.2) is 0 Å². The zero-order valence-corrected chi connectivity index (χ0v) is 16.6. The standard InChI is InChI=1S/C23H20ClN3O2/c24-17-6-8-18(9-7-17)27-19(10-11-22(28)26-13-3-12-25)14-16-15-29-21-5-2-1-4-20(21)23(16)27/h1-2,4-9,14H,3,10-11,13,15H2,(H,26,28). The second kappa shape index (κ2) is 8.42. The Kier molecular flexibility index (Phi) is 5.55. The van der Waals surface area contributed by atoms with Crippen LogP contribution in [-0.4, -0.2) is 17.0 Å². The number of halogens is 1. The molecule has 29 heavy (non-hydrogen) atoms. The molecule has 0 saturated carbocycles. The van der Waals surface area contributed by atoms with E-state index in [4.69, 9.17) is 21.6 Å². The first-order valence-corrected chi connectivity index (χ1v) is 9.90. The van der Waals surface area contributed by atoms with Crippen LogP contribution in [0, 0.1) is 11.3 Å². The maximum atomic E-state index is 12.2. The number of rotatable bonds is 6. The van der Waals surface area contributed by atoms with Crippen molar-refractivity contribution in [1.29, 1.82) is 5.26 Å². The van der Waals surface area contributed by atoms with Gasteiger partial charge in [-0.2, -0.15) is 5.26 Å². The van der Waals surface area contributed by atoms with Gasteiger partial charge in [0.05, 0.1) is 18.2 Å². The van der Waals surface area contributed by atoms with Gasteiger partial charge in [0, 0.05) is 40.5 Å². The number of ether oxygens (including phenoxy) is 1. The first-order valence-electron chi connectivity index (χ1n) is 9.52. The first-order chi connectivity index (χ1) is 14.2. The Bertz CT molecular complexity index is 1080. The van der Waals surface area contributed by atoms with Crippen LogP contribution in [0.1, 0.15) is 24.1 Å². The van der Waals surface area contributed by atoms with Crippen LogP contribution >= 0.6 is 11.6 Å². The van der Waals surface area contributed by atoms with Gasteiger partial charge < -0.3 is 14.6 Å². The summed E-state index contributed by atoms with van der Waals surface area (Å²) in [4.78, 5) is 12.2. The first kappa shape index (κ1) is 19.1. The molecule has 0 radical (unpaired) electrons. The number of benzene rings is 2. The van der Waals surface area contributed by atoms with Crippen molar-refractivity contribution in [2.24, 2.45) is 0 Å². The van der Waals surface area contributed by atoms with E-state index in [9.17, 15) is 4.79 Å². The van der Waals surface area contributed by atoms with Gasteiger partial charge >= 0.3 is 0 Å². The van der Waals surface area contributed by atoms with Crippen LogP contribution in [0.2, 0.25) is 5.02 Å². The molecule has 3 aromatic rings. The Labute approximate surface area is 174 Å². The third kappa shape index (κ3) is 3.98. The van der Waals surface area contributed by atoms with E-state index in [1.807, 2.05) is 48.5 Å². The predicted molar refractivity (Wildman–Crippen MR) is 112 cm³/mol. The Morgan fingerprint density at radius 1 is 1.21 bits per heavy atom. The number of nitrogens with one attached hydrogen (secondary N) is 1. The number of aryl methyl sites for hydroxylation is 1. The van der Waals surface area contributed by atoms with Crippen LogP contribution in [-0.2, 0) is 17.8 Å². The molecule has 1 aromatic heterocycles. The molecule has 1 aliphatic heterocycles. The molecule has 0 saturated heterocycles. The molecule has 146 valence electrons. The quantitative estimate of drug-likeness (QED) is 0.607. The lowest BCUT2D eigenvalue weighted by Crippen LogP contribution is -2.24. The van der Waals surface area contributed by atoms with Gasteiger partial charge in [-0.05, 0) is 48.9 Å². The molecule has 0 spiro atoms. The molecular weight excluding hydrogens is 386 g/mol. The molecule has 5 nitrogen and oxygen atoms in total. The summed E-state index contributed by atoms with van der Waals surface area (Å²) < 4.78 is 8.11. The van der Waals surface area contributed by atoms with Crippen LogP contribution in [0.5, 0.6) is 5.75 Å². The highest BCUT2D eigenvalue weighted by atomic mass is 35.5. The molecule has 1 aliphatic rings. The van der Waals surface area contributed by atoms with Crippen molar-refractivity contribution in [2.75, 3.05) is 6.54 Å². The summed E-state index contributed by atoms with van der Waals surface area (Å²) in [7, 11) is 0. The third-order valence-electron chi connectivity index (χ3n) is 4.93. The highest BCUT2D eigenvalue weighted by molar-refractivity contribution is 6.30. The van der Waals surface area contributed by atoms with E-state index in [0.717, 1.165) is 34.0 Å². The summed E-state index contributed by atoms with van der Waals surface area (Å²) >= 11 is 6.10. The van der Waals surface area contributed by atoms with Crippen LogP contribution < -0.4 is 10.1 Å². The molecular formula is C23H20ClN3O2. The molecule has 0 aliphatic carbocycles. The highest BCUT2D eigenvalue weighted by Crippen LogP contribution is 2.41. The van der Waals surface area contributed by atoms with Gasteiger partial charge in [-0.15, -0.1) is 0 Å². The minimum Gasteiger partial charge on any atom is -0.488 e. The number of amides is 1. The number of carbonyl (C=O) groups excluding carboxylic acids is 1. The van der Waals surface area contributed by atoms with Crippen LogP contribution in [0.3, 0.4) is 0 Å². The zero-order chi connectivity index (χ0) is 20.2. The van der Waals surface area contributed by atoms with Crippen LogP contribution in [0.25, 0.3) is 16.9 Å². The van der Waals surface area contributed by atoms with Gasteiger partial charge in [-0.1, -0.05) is 23.7 Å². The number of para-hydroxylation sites is 1. The van der Waals surface area contributed by atoms with Crippen molar-refractivity contribution in [3.63, 3.8) is 0 Å². The van der Waals surface area contributed by atoms with Crippen molar-refractivity contribution < 1.29 is 9.53 Å². The van der Waals surface area contributed by atoms with Crippen molar-refractivity contribution in [1.82, 2.24) is 9.88 Å². The number of nitrogens with zero attached hydrogens (tertiary/aromatic N) is 2. The summed E-state index contributed by atoms with van der Waals surface area (Å²) in [5.41, 5.74) is 5.25. The topological polar surface area (TPSA) is 67.0 Å². The Balaban J connectivity index is 1.71. The van der Waals surface area contributed by atoms with E-state index in [-0.39, 0.29) is 5.91 Å². The highest BCUT2D eigenvalue weighted by Gasteiger charge is 2.24. The molecule has 1 N–H and O–H groups in total. The van der Waals surface area contributed by atoms with Crippen molar-refractivity contribution in [2.45, 2.75) is 25.9 Å². The summed E-state index contributed by atoms with van der Waals surface area (Å²) in [6, 6.07) is 19.8. The number of hydrogen-bond acceptors (Lipinski definition) is 3.